The number of rotatable bonds is 4. The Morgan fingerprint density at radius 1 is 1.31 bits per heavy atom. The highest BCUT2D eigenvalue weighted by atomic mass is 16.5. The normalized spacial score (nSPS) is 39.2. The molecule has 1 heterocycles. The molecule has 0 spiro atoms. The molecular weight excluding hydrogens is 328 g/mol. The summed E-state index contributed by atoms with van der Waals surface area (Å²) in [5.41, 5.74) is 0.118. The predicted molar refractivity (Wildman–Crippen MR) is 101 cm³/mol. The van der Waals surface area contributed by atoms with Crippen LogP contribution in [0.25, 0.3) is 0 Å². The smallest absolute Gasteiger partial charge is 0.302 e. The molecule has 26 heavy (non-hydrogen) atoms. The number of aliphatic hydroxyl groups is 1. The fourth-order valence-electron chi connectivity index (χ4n) is 6.16. The van der Waals surface area contributed by atoms with E-state index in [4.69, 9.17) is 9.15 Å². The Morgan fingerprint density at radius 2 is 2.04 bits per heavy atom. The first-order valence-corrected chi connectivity index (χ1v) is 10.0. The average Bonchev–Trinajstić information content (AvgIpc) is 3.07. The van der Waals surface area contributed by atoms with Crippen LogP contribution >= 0.6 is 0 Å². The minimum Gasteiger partial charge on any atom is -0.472 e. The van der Waals surface area contributed by atoms with E-state index in [0.29, 0.717) is 5.92 Å². The summed E-state index contributed by atoms with van der Waals surface area (Å²) >= 11 is 0. The lowest BCUT2D eigenvalue weighted by Gasteiger charge is -2.64. The van der Waals surface area contributed by atoms with Crippen LogP contribution in [0.1, 0.15) is 72.3 Å². The molecule has 146 valence electrons. The number of fused-ring (bicyclic) bond motifs is 1. The molecule has 2 aliphatic rings. The zero-order chi connectivity index (χ0) is 19.2. The van der Waals surface area contributed by atoms with Crippen LogP contribution in [0.5, 0.6) is 0 Å². The van der Waals surface area contributed by atoms with Gasteiger partial charge in [0.25, 0.3) is 0 Å². The van der Waals surface area contributed by atoms with Crippen molar-refractivity contribution in [1.29, 1.82) is 0 Å². The molecule has 1 N–H and O–H groups in total. The van der Waals surface area contributed by atoms with Crippen molar-refractivity contribution >= 4 is 5.97 Å². The molecular formula is C22H34O4. The maximum Gasteiger partial charge on any atom is 0.302 e. The minimum atomic E-state index is -0.717. The first kappa shape index (κ1) is 19.5. The van der Waals surface area contributed by atoms with E-state index in [-0.39, 0.29) is 28.8 Å². The van der Waals surface area contributed by atoms with E-state index >= 15 is 0 Å². The van der Waals surface area contributed by atoms with Crippen LogP contribution in [-0.2, 0) is 16.0 Å². The lowest BCUT2D eigenvalue weighted by Crippen LogP contribution is -2.65. The second-order valence-electron chi connectivity index (χ2n) is 9.46. The van der Waals surface area contributed by atoms with Crippen molar-refractivity contribution in [2.75, 3.05) is 0 Å². The summed E-state index contributed by atoms with van der Waals surface area (Å²) in [5.74, 6) is 0.390. The third-order valence-electron chi connectivity index (χ3n) is 7.80. The van der Waals surface area contributed by atoms with E-state index in [0.717, 1.165) is 44.1 Å². The molecule has 1 aromatic rings. The van der Waals surface area contributed by atoms with Gasteiger partial charge in [0.05, 0.1) is 18.1 Å². The summed E-state index contributed by atoms with van der Waals surface area (Å²) in [6, 6.07) is 1.98. The number of aryl methyl sites for hydroxylation is 1. The molecule has 4 heteroatoms. The van der Waals surface area contributed by atoms with Gasteiger partial charge < -0.3 is 14.3 Å². The standard InChI is InChI=1S/C22H34O4/c1-15-6-7-18-20(3,4)19(26-16(2)23)9-11-21(18,5)22(15,24)12-8-17-10-13-25-14-17/h10,13-15,18-19,24H,6-9,11-12H2,1-5H3/t15-,18+,19+,21+,22-/m1/s1. The summed E-state index contributed by atoms with van der Waals surface area (Å²) in [6.07, 6.45) is 8.78. The predicted octanol–water partition coefficient (Wildman–Crippen LogP) is 4.75. The highest BCUT2D eigenvalue weighted by Crippen LogP contribution is 2.64. The summed E-state index contributed by atoms with van der Waals surface area (Å²) in [7, 11) is 0. The molecule has 0 aliphatic heterocycles. The van der Waals surface area contributed by atoms with Crippen molar-refractivity contribution in [3.05, 3.63) is 24.2 Å². The monoisotopic (exact) mass is 362 g/mol. The van der Waals surface area contributed by atoms with Gasteiger partial charge in [-0.15, -0.1) is 0 Å². The largest absolute Gasteiger partial charge is 0.472 e. The average molecular weight is 363 g/mol. The van der Waals surface area contributed by atoms with Gasteiger partial charge in [-0.2, -0.15) is 0 Å². The number of carbonyl (C=O) groups is 1. The quantitative estimate of drug-likeness (QED) is 0.786. The molecule has 2 fully saturated rings. The molecule has 2 aliphatic carbocycles. The second-order valence-corrected chi connectivity index (χ2v) is 9.46. The second kappa shape index (κ2) is 6.70. The van der Waals surface area contributed by atoms with Crippen LogP contribution in [0.15, 0.2) is 23.0 Å². The van der Waals surface area contributed by atoms with Gasteiger partial charge in [0, 0.05) is 17.8 Å². The molecule has 2 saturated carbocycles. The van der Waals surface area contributed by atoms with Crippen LogP contribution in [0.4, 0.5) is 0 Å². The van der Waals surface area contributed by atoms with Gasteiger partial charge in [-0.3, -0.25) is 4.79 Å². The maximum absolute atomic E-state index is 12.0. The molecule has 0 bridgehead atoms. The van der Waals surface area contributed by atoms with E-state index in [1.165, 1.54) is 6.92 Å². The van der Waals surface area contributed by atoms with Crippen molar-refractivity contribution in [1.82, 2.24) is 0 Å². The number of furan rings is 1. The summed E-state index contributed by atoms with van der Waals surface area (Å²) < 4.78 is 10.9. The van der Waals surface area contributed by atoms with Gasteiger partial charge in [0.2, 0.25) is 0 Å². The van der Waals surface area contributed by atoms with E-state index in [1.54, 1.807) is 12.5 Å². The van der Waals surface area contributed by atoms with Crippen LogP contribution in [0.2, 0.25) is 0 Å². The summed E-state index contributed by atoms with van der Waals surface area (Å²) in [5, 5.41) is 12.0. The molecule has 5 atom stereocenters. The Hall–Kier alpha value is -1.29. The van der Waals surface area contributed by atoms with Crippen molar-refractivity contribution in [2.45, 2.75) is 84.8 Å². The molecule has 1 aromatic heterocycles. The maximum atomic E-state index is 12.0. The Balaban J connectivity index is 1.88. The molecule has 0 radical (unpaired) electrons. The number of ether oxygens (including phenoxy) is 1. The van der Waals surface area contributed by atoms with Gasteiger partial charge in [0.1, 0.15) is 6.10 Å². The number of carbonyl (C=O) groups excluding carboxylic acids is 1. The highest BCUT2D eigenvalue weighted by Gasteiger charge is 2.63. The molecule has 0 aromatic carbocycles. The number of hydrogen-bond donors (Lipinski definition) is 1. The topological polar surface area (TPSA) is 59.7 Å². The van der Waals surface area contributed by atoms with Crippen molar-refractivity contribution in [2.24, 2.45) is 22.7 Å². The third-order valence-corrected chi connectivity index (χ3v) is 7.80. The zero-order valence-electron chi connectivity index (χ0n) is 16.9. The molecule has 0 amide bonds. The van der Waals surface area contributed by atoms with Crippen molar-refractivity contribution < 1.29 is 19.1 Å². The molecule has 0 unspecified atom stereocenters. The fraction of sp³-hybridized carbons (Fsp3) is 0.773. The molecule has 3 rings (SSSR count). The van der Waals surface area contributed by atoms with Gasteiger partial charge in [0.15, 0.2) is 0 Å². The van der Waals surface area contributed by atoms with Crippen LogP contribution in [0.3, 0.4) is 0 Å². The lowest BCUT2D eigenvalue weighted by atomic mass is 9.43. The Labute approximate surface area is 157 Å². The van der Waals surface area contributed by atoms with E-state index in [9.17, 15) is 9.90 Å². The van der Waals surface area contributed by atoms with E-state index < -0.39 is 5.60 Å². The third kappa shape index (κ3) is 3.00. The Kier molecular flexibility index (Phi) is 5.02. The fourth-order valence-corrected chi connectivity index (χ4v) is 6.16. The molecule has 4 nitrogen and oxygen atoms in total. The van der Waals surface area contributed by atoms with Crippen LogP contribution in [0, 0.1) is 22.7 Å². The van der Waals surface area contributed by atoms with Gasteiger partial charge in [-0.25, -0.2) is 0 Å². The minimum absolute atomic E-state index is 0.0652. The zero-order valence-corrected chi connectivity index (χ0v) is 16.9. The van der Waals surface area contributed by atoms with E-state index in [2.05, 4.69) is 27.7 Å². The number of esters is 1. The summed E-state index contributed by atoms with van der Waals surface area (Å²) in [4.78, 5) is 11.6. The first-order valence-electron chi connectivity index (χ1n) is 10.0. The lowest BCUT2D eigenvalue weighted by molar-refractivity contribution is -0.236. The molecule has 0 saturated heterocycles. The van der Waals surface area contributed by atoms with Gasteiger partial charge >= 0.3 is 5.97 Å². The Bertz CT molecular complexity index is 635. The SMILES string of the molecule is CC(=O)O[C@H]1CC[C@@]2(C)[C@@H](CC[C@@H](C)[C@]2(O)CCc2ccoc2)C1(C)C. The Morgan fingerprint density at radius 3 is 2.65 bits per heavy atom. The van der Waals surface area contributed by atoms with E-state index in [1.807, 2.05) is 6.07 Å². The van der Waals surface area contributed by atoms with Crippen molar-refractivity contribution in [3.8, 4) is 0 Å². The van der Waals surface area contributed by atoms with Gasteiger partial charge in [-0.05, 0) is 62.0 Å². The number of hydrogen-bond acceptors (Lipinski definition) is 4. The van der Waals surface area contributed by atoms with Gasteiger partial charge in [-0.1, -0.05) is 27.7 Å². The van der Waals surface area contributed by atoms with Crippen molar-refractivity contribution in [3.63, 3.8) is 0 Å². The van der Waals surface area contributed by atoms with Crippen LogP contribution in [-0.4, -0.2) is 22.8 Å². The van der Waals surface area contributed by atoms with Crippen LogP contribution < -0.4 is 0 Å². The first-order chi connectivity index (χ1) is 12.1. The summed E-state index contributed by atoms with van der Waals surface area (Å²) in [6.45, 7) is 10.4. The highest BCUT2D eigenvalue weighted by molar-refractivity contribution is 5.66.